The van der Waals surface area contributed by atoms with Gasteiger partial charge in [0.05, 0.1) is 11.1 Å². The minimum atomic E-state index is -4.45. The van der Waals surface area contributed by atoms with Gasteiger partial charge in [0.25, 0.3) is 5.91 Å². The van der Waals surface area contributed by atoms with E-state index >= 15 is 0 Å². The van der Waals surface area contributed by atoms with Crippen molar-refractivity contribution in [1.82, 2.24) is 0 Å². The van der Waals surface area contributed by atoms with Crippen LogP contribution in [-0.4, -0.2) is 11.7 Å². The van der Waals surface area contributed by atoms with Gasteiger partial charge in [-0.15, -0.1) is 11.8 Å². The molecule has 146 valence electrons. The van der Waals surface area contributed by atoms with Crippen molar-refractivity contribution >= 4 is 23.4 Å². The Hall–Kier alpha value is -1.95. The number of aryl methyl sites for hydroxylation is 2. The van der Waals surface area contributed by atoms with E-state index in [4.69, 9.17) is 0 Å². The molecule has 0 saturated carbocycles. The number of unbranched alkanes of at least 4 members (excludes halogenated alkanes) is 1. The van der Waals surface area contributed by atoms with Gasteiger partial charge in [-0.05, 0) is 54.8 Å². The monoisotopic (exact) mass is 395 g/mol. The lowest BCUT2D eigenvalue weighted by Gasteiger charge is -2.16. The molecule has 0 aliphatic carbocycles. The summed E-state index contributed by atoms with van der Waals surface area (Å²) < 4.78 is 39.4. The fourth-order valence-corrected chi connectivity index (χ4v) is 3.74. The number of benzene rings is 2. The van der Waals surface area contributed by atoms with E-state index in [1.165, 1.54) is 19.1 Å². The first-order chi connectivity index (χ1) is 12.8. The first-order valence-corrected chi connectivity index (χ1v) is 10.00. The van der Waals surface area contributed by atoms with Crippen LogP contribution in [0.5, 0.6) is 0 Å². The summed E-state index contributed by atoms with van der Waals surface area (Å²) in [6.45, 7) is 5.49. The van der Waals surface area contributed by atoms with Crippen LogP contribution < -0.4 is 5.32 Å². The van der Waals surface area contributed by atoms with Crippen molar-refractivity contribution in [3.05, 3.63) is 58.7 Å². The molecule has 0 aliphatic rings. The molecule has 0 heterocycles. The predicted molar refractivity (Wildman–Crippen MR) is 106 cm³/mol. The minimum Gasteiger partial charge on any atom is -0.322 e. The highest BCUT2D eigenvalue weighted by atomic mass is 32.2. The number of thioether (sulfide) groups is 1. The summed E-state index contributed by atoms with van der Waals surface area (Å²) in [5, 5.41) is 2.66. The SMILES string of the molecule is CCCCc1cccc(SCC)c1C(=O)Nc1ccc(C)c(C(F)(F)F)c1. The van der Waals surface area contributed by atoms with E-state index < -0.39 is 11.7 Å². The van der Waals surface area contributed by atoms with Crippen LogP contribution in [0.4, 0.5) is 18.9 Å². The highest BCUT2D eigenvalue weighted by Gasteiger charge is 2.32. The molecule has 1 N–H and O–H groups in total. The van der Waals surface area contributed by atoms with Gasteiger partial charge in [0.1, 0.15) is 0 Å². The van der Waals surface area contributed by atoms with Gasteiger partial charge in [-0.1, -0.05) is 38.5 Å². The Morgan fingerprint density at radius 2 is 1.89 bits per heavy atom. The van der Waals surface area contributed by atoms with Crippen molar-refractivity contribution < 1.29 is 18.0 Å². The third kappa shape index (κ3) is 5.51. The number of carbonyl (C=O) groups excluding carboxylic acids is 1. The molecule has 0 saturated heterocycles. The number of carbonyl (C=O) groups is 1. The normalized spacial score (nSPS) is 11.5. The maximum absolute atomic E-state index is 13.1. The van der Waals surface area contributed by atoms with Crippen LogP contribution in [0.2, 0.25) is 0 Å². The largest absolute Gasteiger partial charge is 0.416 e. The summed E-state index contributed by atoms with van der Waals surface area (Å²) in [4.78, 5) is 13.8. The number of alkyl halides is 3. The molecule has 0 spiro atoms. The lowest BCUT2D eigenvalue weighted by Crippen LogP contribution is -2.17. The second-order valence-corrected chi connectivity index (χ2v) is 7.61. The Balaban J connectivity index is 2.37. The number of anilines is 1. The summed E-state index contributed by atoms with van der Waals surface area (Å²) in [6.07, 6.45) is -1.74. The van der Waals surface area contributed by atoms with E-state index in [1.807, 2.05) is 25.1 Å². The van der Waals surface area contributed by atoms with Crippen LogP contribution >= 0.6 is 11.8 Å². The average Bonchev–Trinajstić information content (AvgIpc) is 2.61. The van der Waals surface area contributed by atoms with E-state index in [-0.39, 0.29) is 17.2 Å². The van der Waals surface area contributed by atoms with Gasteiger partial charge in [-0.2, -0.15) is 13.2 Å². The summed E-state index contributed by atoms with van der Waals surface area (Å²) in [7, 11) is 0. The number of amides is 1. The van der Waals surface area contributed by atoms with Gasteiger partial charge < -0.3 is 5.32 Å². The zero-order valence-electron chi connectivity index (χ0n) is 15.7. The molecular weight excluding hydrogens is 371 g/mol. The molecule has 0 radical (unpaired) electrons. The third-order valence-electron chi connectivity index (χ3n) is 4.24. The lowest BCUT2D eigenvalue weighted by atomic mass is 10.0. The van der Waals surface area contributed by atoms with Gasteiger partial charge in [0.2, 0.25) is 0 Å². The zero-order chi connectivity index (χ0) is 20.0. The Labute approximate surface area is 162 Å². The summed E-state index contributed by atoms with van der Waals surface area (Å²) in [5.74, 6) is 0.440. The van der Waals surface area contributed by atoms with Crippen LogP contribution in [0.25, 0.3) is 0 Å². The number of rotatable bonds is 7. The Morgan fingerprint density at radius 3 is 2.52 bits per heavy atom. The lowest BCUT2D eigenvalue weighted by molar-refractivity contribution is -0.138. The van der Waals surface area contributed by atoms with Crippen LogP contribution in [0, 0.1) is 6.92 Å². The van der Waals surface area contributed by atoms with Crippen molar-refractivity contribution in [2.24, 2.45) is 0 Å². The second kappa shape index (κ2) is 9.31. The molecule has 2 aromatic carbocycles. The summed E-state index contributed by atoms with van der Waals surface area (Å²) in [5.41, 5.74) is 1.03. The minimum absolute atomic E-state index is 0.131. The number of nitrogens with one attached hydrogen (secondary N) is 1. The van der Waals surface area contributed by atoms with E-state index in [9.17, 15) is 18.0 Å². The smallest absolute Gasteiger partial charge is 0.322 e. The Bertz CT molecular complexity index is 802. The molecule has 0 bridgehead atoms. The molecule has 1 amide bonds. The Morgan fingerprint density at radius 1 is 1.15 bits per heavy atom. The van der Waals surface area contributed by atoms with Crippen LogP contribution in [0.3, 0.4) is 0 Å². The molecule has 0 aliphatic heterocycles. The molecular formula is C21H24F3NOS. The maximum Gasteiger partial charge on any atom is 0.416 e. The van der Waals surface area contributed by atoms with Gasteiger partial charge in [-0.3, -0.25) is 4.79 Å². The highest BCUT2D eigenvalue weighted by molar-refractivity contribution is 7.99. The first-order valence-electron chi connectivity index (χ1n) is 9.01. The van der Waals surface area contributed by atoms with Crippen molar-refractivity contribution in [3.63, 3.8) is 0 Å². The molecule has 0 fully saturated rings. The maximum atomic E-state index is 13.1. The average molecular weight is 395 g/mol. The van der Waals surface area contributed by atoms with E-state index in [0.29, 0.717) is 5.56 Å². The quantitative estimate of drug-likeness (QED) is 0.527. The standard InChI is InChI=1S/C21H24F3NOS/c1-4-6-8-15-9-7-10-18(27-5-2)19(15)20(26)25-16-12-11-14(3)17(13-16)21(22,23)24/h7,9-13H,4-6,8H2,1-3H3,(H,25,26). The van der Waals surface area contributed by atoms with Gasteiger partial charge in [0, 0.05) is 10.6 Å². The molecule has 27 heavy (non-hydrogen) atoms. The van der Waals surface area contributed by atoms with Gasteiger partial charge in [-0.25, -0.2) is 0 Å². The fourth-order valence-electron chi connectivity index (χ4n) is 2.88. The molecule has 0 unspecified atom stereocenters. The molecule has 6 heteroatoms. The highest BCUT2D eigenvalue weighted by Crippen LogP contribution is 2.34. The number of hydrogen-bond donors (Lipinski definition) is 1. The van der Waals surface area contributed by atoms with Crippen molar-refractivity contribution in [1.29, 1.82) is 0 Å². The van der Waals surface area contributed by atoms with Crippen molar-refractivity contribution in [3.8, 4) is 0 Å². The molecule has 2 nitrogen and oxygen atoms in total. The van der Waals surface area contributed by atoms with Gasteiger partial charge >= 0.3 is 6.18 Å². The van der Waals surface area contributed by atoms with E-state index in [2.05, 4.69) is 12.2 Å². The summed E-state index contributed by atoms with van der Waals surface area (Å²) >= 11 is 1.56. The predicted octanol–water partition coefficient (Wildman–Crippen LogP) is 6.72. The molecule has 0 atom stereocenters. The van der Waals surface area contributed by atoms with Crippen molar-refractivity contribution in [2.45, 2.75) is 51.1 Å². The molecule has 0 aromatic heterocycles. The van der Waals surface area contributed by atoms with Crippen LogP contribution in [0.15, 0.2) is 41.3 Å². The first kappa shape index (κ1) is 21.4. The van der Waals surface area contributed by atoms with Crippen LogP contribution in [-0.2, 0) is 12.6 Å². The molecule has 2 aromatic rings. The third-order valence-corrected chi connectivity index (χ3v) is 5.18. The topological polar surface area (TPSA) is 29.1 Å². The Kier molecular flexibility index (Phi) is 7.36. The second-order valence-electron chi connectivity index (χ2n) is 6.31. The number of hydrogen-bond acceptors (Lipinski definition) is 2. The van der Waals surface area contributed by atoms with Gasteiger partial charge in [0.15, 0.2) is 0 Å². The molecule has 2 rings (SSSR count). The summed E-state index contributed by atoms with van der Waals surface area (Å²) in [6, 6.07) is 9.60. The zero-order valence-corrected chi connectivity index (χ0v) is 16.6. The van der Waals surface area contributed by atoms with Crippen LogP contribution in [0.1, 0.15) is 53.7 Å². The fraction of sp³-hybridized carbons (Fsp3) is 0.381. The van der Waals surface area contributed by atoms with E-state index in [0.717, 1.165) is 41.5 Å². The van der Waals surface area contributed by atoms with Crippen molar-refractivity contribution in [2.75, 3.05) is 11.1 Å². The van der Waals surface area contributed by atoms with E-state index in [1.54, 1.807) is 11.8 Å². The number of halogens is 3.